The fourth-order valence-electron chi connectivity index (χ4n) is 2.24. The number of rotatable bonds is 9. The van der Waals surface area contributed by atoms with Crippen molar-refractivity contribution in [2.24, 2.45) is 0 Å². The van der Waals surface area contributed by atoms with Gasteiger partial charge in [-0.05, 0) is 29.7 Å². The molecule has 1 amide bonds. The summed E-state index contributed by atoms with van der Waals surface area (Å²) in [5.41, 5.74) is 2.09. The summed E-state index contributed by atoms with van der Waals surface area (Å²) >= 11 is 0. The molecule has 1 N–H and O–H groups in total. The molecule has 0 heterocycles. The first-order chi connectivity index (χ1) is 12.2. The molecule has 0 aromatic heterocycles. The average Bonchev–Trinajstić information content (AvgIpc) is 2.64. The molecule has 5 nitrogen and oxygen atoms in total. The molecule has 2 rings (SSSR count). The fraction of sp³-hybridized carbons (Fsp3) is 0.300. The van der Waals surface area contributed by atoms with Crippen LogP contribution >= 0.6 is 0 Å². The normalized spacial score (nSPS) is 10.1. The van der Waals surface area contributed by atoms with Gasteiger partial charge in [0.15, 0.2) is 0 Å². The maximum Gasteiger partial charge on any atom is 0.325 e. The Hall–Kier alpha value is -2.82. The Balaban J connectivity index is 1.60. The molecule has 0 aliphatic rings. The van der Waals surface area contributed by atoms with Crippen molar-refractivity contribution >= 4 is 11.9 Å². The molecular formula is C20H23NO4. The van der Waals surface area contributed by atoms with Crippen molar-refractivity contribution < 1.29 is 19.1 Å². The topological polar surface area (TPSA) is 64.6 Å². The van der Waals surface area contributed by atoms with Gasteiger partial charge in [0, 0.05) is 0 Å². The van der Waals surface area contributed by atoms with Gasteiger partial charge in [-0.15, -0.1) is 0 Å². The number of benzene rings is 2. The van der Waals surface area contributed by atoms with Crippen LogP contribution in [-0.2, 0) is 27.2 Å². The van der Waals surface area contributed by atoms with Crippen LogP contribution in [0.5, 0.6) is 5.75 Å². The number of nitrogens with one attached hydrogen (secondary N) is 1. The minimum absolute atomic E-state index is 0.142. The van der Waals surface area contributed by atoms with Gasteiger partial charge in [0.05, 0.1) is 6.42 Å². The van der Waals surface area contributed by atoms with E-state index in [2.05, 4.69) is 12.2 Å². The summed E-state index contributed by atoms with van der Waals surface area (Å²) in [6.07, 6.45) is 1.18. The van der Waals surface area contributed by atoms with Crippen LogP contribution in [0.3, 0.4) is 0 Å². The molecule has 0 aliphatic heterocycles. The van der Waals surface area contributed by atoms with Gasteiger partial charge < -0.3 is 14.8 Å². The molecule has 0 fully saturated rings. The van der Waals surface area contributed by atoms with E-state index in [0.29, 0.717) is 0 Å². The van der Waals surface area contributed by atoms with E-state index in [1.807, 2.05) is 54.6 Å². The Bertz CT molecular complexity index is 685. The van der Waals surface area contributed by atoms with E-state index < -0.39 is 5.97 Å². The monoisotopic (exact) mass is 341 g/mol. The summed E-state index contributed by atoms with van der Waals surface area (Å²) in [6.45, 7) is 2.35. The van der Waals surface area contributed by atoms with Gasteiger partial charge in [-0.2, -0.15) is 0 Å². The van der Waals surface area contributed by atoms with E-state index in [-0.39, 0.29) is 32.1 Å². The maximum atomic E-state index is 11.7. The summed E-state index contributed by atoms with van der Waals surface area (Å²) in [6, 6.07) is 17.1. The Morgan fingerprint density at radius 1 is 0.960 bits per heavy atom. The quantitative estimate of drug-likeness (QED) is 0.562. The molecule has 132 valence electrons. The highest BCUT2D eigenvalue weighted by Crippen LogP contribution is 2.13. The molecule has 0 unspecified atom stereocenters. The number of esters is 1. The molecule has 0 saturated carbocycles. The third kappa shape index (κ3) is 7.08. The molecule has 5 heteroatoms. The SMILES string of the molecule is CCc1cccc(OCCOC(=O)CNC(=O)Cc2ccccc2)c1. The van der Waals surface area contributed by atoms with E-state index in [0.717, 1.165) is 17.7 Å². The molecule has 0 spiro atoms. The first-order valence-electron chi connectivity index (χ1n) is 8.35. The zero-order chi connectivity index (χ0) is 17.9. The zero-order valence-corrected chi connectivity index (χ0v) is 14.4. The van der Waals surface area contributed by atoms with Crippen LogP contribution in [0.1, 0.15) is 18.1 Å². The minimum atomic E-state index is -0.479. The van der Waals surface area contributed by atoms with Crippen LogP contribution in [0, 0.1) is 0 Å². The summed E-state index contributed by atoms with van der Waals surface area (Å²) in [5.74, 6) is 0.0645. The predicted molar refractivity (Wildman–Crippen MR) is 95.4 cm³/mol. The average molecular weight is 341 g/mol. The molecule has 0 atom stereocenters. The van der Waals surface area contributed by atoms with Gasteiger partial charge in [-0.3, -0.25) is 9.59 Å². The van der Waals surface area contributed by atoms with Gasteiger partial charge in [0.2, 0.25) is 5.91 Å². The van der Waals surface area contributed by atoms with Crippen LogP contribution in [0.25, 0.3) is 0 Å². The lowest BCUT2D eigenvalue weighted by Gasteiger charge is -2.09. The zero-order valence-electron chi connectivity index (χ0n) is 14.4. The van der Waals surface area contributed by atoms with Crippen LogP contribution in [0.2, 0.25) is 0 Å². The van der Waals surface area contributed by atoms with Gasteiger partial charge in [-0.25, -0.2) is 0 Å². The fourth-order valence-corrected chi connectivity index (χ4v) is 2.24. The Kier molecular flexibility index (Phi) is 7.50. The van der Waals surface area contributed by atoms with Crippen LogP contribution in [0.15, 0.2) is 54.6 Å². The van der Waals surface area contributed by atoms with E-state index in [9.17, 15) is 9.59 Å². The first-order valence-corrected chi connectivity index (χ1v) is 8.35. The smallest absolute Gasteiger partial charge is 0.325 e. The van der Waals surface area contributed by atoms with E-state index in [4.69, 9.17) is 9.47 Å². The van der Waals surface area contributed by atoms with Gasteiger partial charge >= 0.3 is 5.97 Å². The number of carbonyl (C=O) groups excluding carboxylic acids is 2. The number of hydrogen-bond donors (Lipinski definition) is 1. The van der Waals surface area contributed by atoms with Crippen molar-refractivity contribution in [2.75, 3.05) is 19.8 Å². The third-order valence-corrected chi connectivity index (χ3v) is 3.56. The van der Waals surface area contributed by atoms with Crippen molar-refractivity contribution in [3.05, 3.63) is 65.7 Å². The standard InChI is InChI=1S/C20H23NO4/c1-2-16-9-6-10-18(13-16)24-11-12-25-20(23)15-21-19(22)14-17-7-4-3-5-8-17/h3-10,13H,2,11-12,14-15H2,1H3,(H,21,22). The molecule has 0 radical (unpaired) electrons. The summed E-state index contributed by atoms with van der Waals surface area (Å²) in [4.78, 5) is 23.4. The number of aryl methyl sites for hydroxylation is 1. The van der Waals surface area contributed by atoms with Crippen molar-refractivity contribution in [1.29, 1.82) is 0 Å². The second-order valence-corrected chi connectivity index (χ2v) is 5.51. The van der Waals surface area contributed by atoms with E-state index in [1.54, 1.807) is 0 Å². The Labute approximate surface area is 148 Å². The summed E-state index contributed by atoms with van der Waals surface area (Å²) in [5, 5.41) is 2.55. The van der Waals surface area contributed by atoms with Crippen molar-refractivity contribution in [1.82, 2.24) is 5.32 Å². The molecule has 2 aromatic carbocycles. The van der Waals surface area contributed by atoms with E-state index in [1.165, 1.54) is 5.56 Å². The van der Waals surface area contributed by atoms with Gasteiger partial charge in [-0.1, -0.05) is 49.4 Å². The van der Waals surface area contributed by atoms with Crippen molar-refractivity contribution in [3.8, 4) is 5.75 Å². The number of carbonyl (C=O) groups is 2. The maximum absolute atomic E-state index is 11.7. The van der Waals surface area contributed by atoms with E-state index >= 15 is 0 Å². The summed E-state index contributed by atoms with van der Waals surface area (Å²) < 4.78 is 10.6. The predicted octanol–water partition coefficient (Wildman–Crippen LogP) is 2.53. The molecule has 25 heavy (non-hydrogen) atoms. The lowest BCUT2D eigenvalue weighted by molar-refractivity contribution is -0.144. The highest BCUT2D eigenvalue weighted by Gasteiger charge is 2.07. The second-order valence-electron chi connectivity index (χ2n) is 5.51. The van der Waals surface area contributed by atoms with Crippen LogP contribution in [-0.4, -0.2) is 31.6 Å². The molecule has 0 aliphatic carbocycles. The molecule has 0 saturated heterocycles. The number of hydrogen-bond acceptors (Lipinski definition) is 4. The molecular weight excluding hydrogens is 318 g/mol. The highest BCUT2D eigenvalue weighted by molar-refractivity contribution is 5.83. The highest BCUT2D eigenvalue weighted by atomic mass is 16.6. The van der Waals surface area contributed by atoms with Crippen LogP contribution < -0.4 is 10.1 Å². The lowest BCUT2D eigenvalue weighted by atomic mass is 10.1. The second kappa shape index (κ2) is 10.1. The largest absolute Gasteiger partial charge is 0.490 e. The Morgan fingerprint density at radius 2 is 1.72 bits per heavy atom. The van der Waals surface area contributed by atoms with Crippen molar-refractivity contribution in [2.45, 2.75) is 19.8 Å². The van der Waals surface area contributed by atoms with Crippen LogP contribution in [0.4, 0.5) is 0 Å². The number of amides is 1. The van der Waals surface area contributed by atoms with Crippen molar-refractivity contribution in [3.63, 3.8) is 0 Å². The van der Waals surface area contributed by atoms with Gasteiger partial charge in [0.1, 0.15) is 25.5 Å². The molecule has 2 aromatic rings. The minimum Gasteiger partial charge on any atom is -0.490 e. The third-order valence-electron chi connectivity index (χ3n) is 3.56. The lowest BCUT2D eigenvalue weighted by Crippen LogP contribution is -2.32. The Morgan fingerprint density at radius 3 is 2.48 bits per heavy atom. The number of ether oxygens (including phenoxy) is 2. The summed E-state index contributed by atoms with van der Waals surface area (Å²) in [7, 11) is 0. The molecule has 0 bridgehead atoms. The van der Waals surface area contributed by atoms with Gasteiger partial charge in [0.25, 0.3) is 0 Å². The first kappa shape index (κ1) is 18.5.